The summed E-state index contributed by atoms with van der Waals surface area (Å²) in [7, 11) is 0. The number of aromatic nitrogens is 3. The summed E-state index contributed by atoms with van der Waals surface area (Å²) in [5.74, 6) is -0.878. The highest BCUT2D eigenvalue weighted by Crippen LogP contribution is 2.27. The van der Waals surface area contributed by atoms with E-state index in [1.165, 1.54) is 0 Å². The van der Waals surface area contributed by atoms with E-state index in [-0.39, 0.29) is 24.8 Å². The maximum Gasteiger partial charge on any atom is 0.358 e. The van der Waals surface area contributed by atoms with Crippen LogP contribution in [0.15, 0.2) is 0 Å². The Kier molecular flexibility index (Phi) is 5.45. The molecule has 3 N–H and O–H groups in total. The van der Waals surface area contributed by atoms with Crippen LogP contribution in [-0.4, -0.2) is 64.1 Å². The third kappa shape index (κ3) is 3.53. The second-order valence-electron chi connectivity index (χ2n) is 4.71. The largest absolute Gasteiger partial charge is 0.476 e. The molecule has 0 saturated carbocycles. The van der Waals surface area contributed by atoms with Crippen molar-refractivity contribution in [3.63, 3.8) is 0 Å². The van der Waals surface area contributed by atoms with E-state index in [0.29, 0.717) is 18.8 Å². The van der Waals surface area contributed by atoms with E-state index < -0.39 is 5.97 Å². The normalized spacial score (nSPS) is 16.4. The fourth-order valence-electron chi connectivity index (χ4n) is 2.45. The van der Waals surface area contributed by atoms with Crippen molar-refractivity contribution in [1.82, 2.24) is 20.3 Å². The molecule has 1 aliphatic rings. The molecule has 20 heavy (non-hydrogen) atoms. The van der Waals surface area contributed by atoms with Gasteiger partial charge in [0.25, 0.3) is 0 Å². The number of hydrogen-bond acceptors (Lipinski definition) is 6. The van der Waals surface area contributed by atoms with Crippen molar-refractivity contribution in [2.45, 2.75) is 25.3 Å². The number of nitrogens with zero attached hydrogens (tertiary/aromatic N) is 3. The molecule has 1 aliphatic heterocycles. The summed E-state index contributed by atoms with van der Waals surface area (Å²) >= 11 is 0. The van der Waals surface area contributed by atoms with Gasteiger partial charge in [0.05, 0.1) is 32.1 Å². The van der Waals surface area contributed by atoms with Crippen LogP contribution in [0.3, 0.4) is 0 Å². The molecule has 0 bridgehead atoms. The molecular weight excluding hydrogens is 264 g/mol. The molecule has 1 aromatic heterocycles. The fraction of sp³-hybridized carbons (Fsp3) is 0.750. The quantitative estimate of drug-likeness (QED) is 0.576. The van der Waals surface area contributed by atoms with Crippen molar-refractivity contribution >= 4 is 5.97 Å². The first-order chi connectivity index (χ1) is 9.74. The van der Waals surface area contributed by atoms with Gasteiger partial charge in [-0.2, -0.15) is 0 Å². The molecule has 1 fully saturated rings. The average Bonchev–Trinajstić information content (AvgIpc) is 2.88. The Morgan fingerprint density at radius 3 is 2.80 bits per heavy atom. The smallest absolute Gasteiger partial charge is 0.358 e. The summed E-state index contributed by atoms with van der Waals surface area (Å²) in [4.78, 5) is 11.3. The van der Waals surface area contributed by atoms with Crippen LogP contribution in [0.1, 0.15) is 34.9 Å². The number of aliphatic hydroxyl groups excluding tert-OH is 1. The number of rotatable bonds is 7. The minimum Gasteiger partial charge on any atom is -0.476 e. The zero-order valence-electron chi connectivity index (χ0n) is 11.3. The minimum atomic E-state index is -1.04. The minimum absolute atomic E-state index is 0.0289. The molecule has 112 valence electrons. The lowest BCUT2D eigenvalue weighted by molar-refractivity contribution is 0.0687. The van der Waals surface area contributed by atoms with E-state index in [1.54, 1.807) is 4.68 Å². The Balaban J connectivity index is 2.11. The number of piperidine rings is 1. The number of carboxylic acids is 1. The van der Waals surface area contributed by atoms with Gasteiger partial charge in [-0.3, -0.25) is 0 Å². The third-order valence-electron chi connectivity index (χ3n) is 3.38. The Labute approximate surface area is 116 Å². The molecule has 0 aliphatic carbocycles. The molecule has 8 nitrogen and oxygen atoms in total. The molecule has 0 radical (unpaired) electrons. The Morgan fingerprint density at radius 2 is 2.15 bits per heavy atom. The van der Waals surface area contributed by atoms with Crippen LogP contribution in [0.25, 0.3) is 0 Å². The lowest BCUT2D eigenvalue weighted by Gasteiger charge is -2.23. The maximum absolute atomic E-state index is 11.3. The highest BCUT2D eigenvalue weighted by molar-refractivity contribution is 5.86. The molecule has 0 aromatic carbocycles. The summed E-state index contributed by atoms with van der Waals surface area (Å²) in [6, 6.07) is 0. The van der Waals surface area contributed by atoms with Crippen molar-refractivity contribution in [3.05, 3.63) is 11.4 Å². The number of ether oxygens (including phenoxy) is 1. The lowest BCUT2D eigenvalue weighted by Crippen LogP contribution is -2.29. The number of hydrogen-bond donors (Lipinski definition) is 3. The van der Waals surface area contributed by atoms with Crippen LogP contribution >= 0.6 is 0 Å². The van der Waals surface area contributed by atoms with Crippen molar-refractivity contribution in [1.29, 1.82) is 0 Å². The molecule has 2 rings (SSSR count). The second-order valence-corrected chi connectivity index (χ2v) is 4.71. The Morgan fingerprint density at radius 1 is 1.40 bits per heavy atom. The predicted octanol–water partition coefficient (Wildman–Crippen LogP) is -0.548. The SMILES string of the molecule is O=C(O)c1nnn(CCOCCO)c1C1CCNCC1. The molecular formula is C12H20N4O4. The van der Waals surface area contributed by atoms with Gasteiger partial charge in [0.2, 0.25) is 0 Å². The first-order valence-corrected chi connectivity index (χ1v) is 6.80. The molecule has 0 unspecified atom stereocenters. The Bertz CT molecular complexity index is 443. The zero-order valence-corrected chi connectivity index (χ0v) is 11.3. The summed E-state index contributed by atoms with van der Waals surface area (Å²) in [5, 5.41) is 28.8. The highest BCUT2D eigenvalue weighted by atomic mass is 16.5. The van der Waals surface area contributed by atoms with Gasteiger partial charge in [-0.05, 0) is 25.9 Å². The molecule has 0 spiro atoms. The van der Waals surface area contributed by atoms with Gasteiger partial charge in [-0.25, -0.2) is 9.48 Å². The van der Waals surface area contributed by atoms with Crippen LogP contribution in [-0.2, 0) is 11.3 Å². The predicted molar refractivity (Wildman–Crippen MR) is 69.7 cm³/mol. The maximum atomic E-state index is 11.3. The topological polar surface area (TPSA) is 110 Å². The first-order valence-electron chi connectivity index (χ1n) is 6.80. The number of nitrogens with one attached hydrogen (secondary N) is 1. The van der Waals surface area contributed by atoms with Crippen molar-refractivity contribution < 1.29 is 19.7 Å². The summed E-state index contributed by atoms with van der Waals surface area (Å²) < 4.78 is 6.82. The van der Waals surface area contributed by atoms with Crippen LogP contribution < -0.4 is 5.32 Å². The van der Waals surface area contributed by atoms with Gasteiger partial charge in [0.15, 0.2) is 5.69 Å². The number of aliphatic hydroxyl groups is 1. The summed E-state index contributed by atoms with van der Waals surface area (Å²) in [5.41, 5.74) is 0.727. The lowest BCUT2D eigenvalue weighted by atomic mass is 9.93. The van der Waals surface area contributed by atoms with E-state index in [2.05, 4.69) is 15.6 Å². The Hall–Kier alpha value is -1.51. The van der Waals surface area contributed by atoms with E-state index in [9.17, 15) is 9.90 Å². The fourth-order valence-corrected chi connectivity index (χ4v) is 2.45. The molecule has 1 aromatic rings. The third-order valence-corrected chi connectivity index (χ3v) is 3.38. The molecule has 1 saturated heterocycles. The van der Waals surface area contributed by atoms with Crippen LogP contribution in [0.5, 0.6) is 0 Å². The number of aromatic carboxylic acids is 1. The van der Waals surface area contributed by atoms with Gasteiger partial charge in [-0.1, -0.05) is 5.21 Å². The monoisotopic (exact) mass is 284 g/mol. The van der Waals surface area contributed by atoms with Crippen molar-refractivity contribution in [2.75, 3.05) is 32.9 Å². The van der Waals surface area contributed by atoms with E-state index in [1.807, 2.05) is 0 Å². The first kappa shape index (κ1) is 14.9. The van der Waals surface area contributed by atoms with E-state index >= 15 is 0 Å². The van der Waals surface area contributed by atoms with Crippen LogP contribution in [0.2, 0.25) is 0 Å². The van der Waals surface area contributed by atoms with E-state index in [4.69, 9.17) is 9.84 Å². The van der Waals surface area contributed by atoms with Crippen molar-refractivity contribution in [2.24, 2.45) is 0 Å². The molecule has 2 heterocycles. The second kappa shape index (κ2) is 7.32. The van der Waals surface area contributed by atoms with Gasteiger partial charge in [0, 0.05) is 5.92 Å². The summed E-state index contributed by atoms with van der Waals surface area (Å²) in [6.07, 6.45) is 1.76. The van der Waals surface area contributed by atoms with Crippen LogP contribution in [0.4, 0.5) is 0 Å². The van der Waals surface area contributed by atoms with Gasteiger partial charge < -0.3 is 20.3 Å². The van der Waals surface area contributed by atoms with E-state index in [0.717, 1.165) is 25.9 Å². The molecule has 8 heteroatoms. The average molecular weight is 284 g/mol. The zero-order chi connectivity index (χ0) is 14.4. The summed E-state index contributed by atoms with van der Waals surface area (Å²) in [6.45, 7) is 2.80. The van der Waals surface area contributed by atoms with Gasteiger partial charge >= 0.3 is 5.97 Å². The van der Waals surface area contributed by atoms with Gasteiger partial charge in [0.1, 0.15) is 0 Å². The van der Waals surface area contributed by atoms with Gasteiger partial charge in [-0.15, -0.1) is 5.10 Å². The standard InChI is InChI=1S/C12H20N4O4/c17-6-8-20-7-5-16-11(9-1-3-13-4-2-9)10(12(18)19)14-15-16/h9,13,17H,1-8H2,(H,18,19). The number of carboxylic acid groups (broad SMARTS) is 1. The molecule has 0 amide bonds. The number of carbonyl (C=O) groups is 1. The highest BCUT2D eigenvalue weighted by Gasteiger charge is 2.27. The van der Waals surface area contributed by atoms with Crippen molar-refractivity contribution in [3.8, 4) is 0 Å². The van der Waals surface area contributed by atoms with Crippen LogP contribution in [0, 0.1) is 0 Å². The molecule has 0 atom stereocenters.